The summed E-state index contributed by atoms with van der Waals surface area (Å²) in [5.74, 6) is 0.343. The van der Waals surface area contributed by atoms with Crippen LogP contribution in [0.1, 0.15) is 13.3 Å². The van der Waals surface area contributed by atoms with Crippen molar-refractivity contribution in [3.63, 3.8) is 0 Å². The summed E-state index contributed by atoms with van der Waals surface area (Å²) in [5, 5.41) is 6.27. The maximum absolute atomic E-state index is 5.63. The maximum Gasteiger partial charge on any atom is 0.194 e. The van der Waals surface area contributed by atoms with Crippen LogP contribution in [-0.2, 0) is 0 Å². The molecule has 0 aromatic heterocycles. The SMILES string of the molecule is CCCN=C(N)NC(=S)Nc1ccccc1. The summed E-state index contributed by atoms with van der Waals surface area (Å²) in [5.41, 5.74) is 6.55. The van der Waals surface area contributed by atoms with E-state index in [4.69, 9.17) is 18.0 Å². The largest absolute Gasteiger partial charge is 0.370 e. The quantitative estimate of drug-likeness (QED) is 0.424. The monoisotopic (exact) mass is 236 g/mol. The van der Waals surface area contributed by atoms with Gasteiger partial charge in [0.25, 0.3) is 0 Å². The predicted molar refractivity (Wildman–Crippen MR) is 72.6 cm³/mol. The summed E-state index contributed by atoms with van der Waals surface area (Å²) in [7, 11) is 0. The fourth-order valence-corrected chi connectivity index (χ4v) is 1.29. The standard InChI is InChI=1S/C11H16N4S/c1-2-8-13-10(12)15-11(16)14-9-6-4-3-5-7-9/h3-7H,2,8H2,1H3,(H4,12,13,14,15,16). The molecule has 0 saturated heterocycles. The molecule has 0 bridgehead atoms. The molecule has 16 heavy (non-hydrogen) atoms. The molecule has 0 atom stereocenters. The third-order valence-corrected chi connectivity index (χ3v) is 1.98. The van der Waals surface area contributed by atoms with E-state index in [1.54, 1.807) is 0 Å². The Bertz CT molecular complexity index is 362. The summed E-state index contributed by atoms with van der Waals surface area (Å²) in [6.07, 6.45) is 0.960. The molecule has 0 aliphatic heterocycles. The molecular weight excluding hydrogens is 220 g/mol. The molecule has 5 heteroatoms. The fourth-order valence-electron chi connectivity index (χ4n) is 1.07. The topological polar surface area (TPSA) is 62.4 Å². The number of nitrogens with one attached hydrogen (secondary N) is 2. The van der Waals surface area contributed by atoms with Crippen molar-refractivity contribution < 1.29 is 0 Å². The molecule has 0 radical (unpaired) electrons. The molecule has 0 aliphatic rings. The molecule has 4 nitrogen and oxygen atoms in total. The summed E-state index contributed by atoms with van der Waals surface area (Å²) >= 11 is 5.08. The average Bonchev–Trinajstić information content (AvgIpc) is 2.27. The van der Waals surface area contributed by atoms with Gasteiger partial charge in [-0.1, -0.05) is 25.1 Å². The first-order chi connectivity index (χ1) is 7.72. The Morgan fingerprint density at radius 1 is 1.38 bits per heavy atom. The van der Waals surface area contributed by atoms with Crippen LogP contribution in [0.15, 0.2) is 35.3 Å². The lowest BCUT2D eigenvalue weighted by molar-refractivity contribution is 0.923. The van der Waals surface area contributed by atoms with E-state index in [1.165, 1.54) is 0 Å². The van der Waals surface area contributed by atoms with Gasteiger partial charge >= 0.3 is 0 Å². The van der Waals surface area contributed by atoms with E-state index in [1.807, 2.05) is 37.3 Å². The minimum atomic E-state index is 0.343. The van der Waals surface area contributed by atoms with Crippen LogP contribution in [0.4, 0.5) is 5.69 Å². The van der Waals surface area contributed by atoms with Gasteiger partial charge in [0.15, 0.2) is 11.1 Å². The molecular formula is C11H16N4S. The van der Waals surface area contributed by atoms with Crippen molar-refractivity contribution in [3.8, 4) is 0 Å². The van der Waals surface area contributed by atoms with Crippen molar-refractivity contribution >= 4 is 29.0 Å². The second kappa shape index (κ2) is 6.79. The minimum absolute atomic E-state index is 0.343. The van der Waals surface area contributed by atoms with E-state index in [0.29, 0.717) is 17.6 Å². The number of benzene rings is 1. The van der Waals surface area contributed by atoms with Crippen molar-refractivity contribution in [2.24, 2.45) is 10.7 Å². The maximum atomic E-state index is 5.63. The van der Waals surface area contributed by atoms with Crippen molar-refractivity contribution in [1.29, 1.82) is 0 Å². The molecule has 4 N–H and O–H groups in total. The molecule has 0 spiro atoms. The zero-order chi connectivity index (χ0) is 11.8. The normalized spacial score (nSPS) is 10.9. The van der Waals surface area contributed by atoms with Gasteiger partial charge in [-0.3, -0.25) is 4.99 Å². The van der Waals surface area contributed by atoms with Gasteiger partial charge < -0.3 is 16.4 Å². The first-order valence-corrected chi connectivity index (χ1v) is 5.56. The highest BCUT2D eigenvalue weighted by atomic mass is 32.1. The Hall–Kier alpha value is -1.62. The number of nitrogens with zero attached hydrogens (tertiary/aromatic N) is 1. The summed E-state index contributed by atoms with van der Waals surface area (Å²) in [4.78, 5) is 4.08. The molecule has 0 aliphatic carbocycles. The zero-order valence-corrected chi connectivity index (χ0v) is 10.1. The number of para-hydroxylation sites is 1. The van der Waals surface area contributed by atoms with Crippen LogP contribution in [0.25, 0.3) is 0 Å². The number of rotatable bonds is 3. The summed E-state index contributed by atoms with van der Waals surface area (Å²) in [6.45, 7) is 2.74. The van der Waals surface area contributed by atoms with E-state index < -0.39 is 0 Å². The number of aliphatic imine (C=N–C) groups is 1. The summed E-state index contributed by atoms with van der Waals surface area (Å²) < 4.78 is 0. The lowest BCUT2D eigenvalue weighted by Crippen LogP contribution is -2.39. The van der Waals surface area contributed by atoms with Gasteiger partial charge in [-0.05, 0) is 30.8 Å². The van der Waals surface area contributed by atoms with Gasteiger partial charge in [-0.2, -0.15) is 0 Å². The molecule has 0 amide bonds. The Morgan fingerprint density at radius 3 is 2.69 bits per heavy atom. The third-order valence-electron chi connectivity index (χ3n) is 1.78. The van der Waals surface area contributed by atoms with Crippen LogP contribution in [0.3, 0.4) is 0 Å². The molecule has 0 saturated carbocycles. The van der Waals surface area contributed by atoms with Crippen molar-refractivity contribution in [3.05, 3.63) is 30.3 Å². The van der Waals surface area contributed by atoms with Gasteiger partial charge in [0.1, 0.15) is 0 Å². The van der Waals surface area contributed by atoms with E-state index >= 15 is 0 Å². The van der Waals surface area contributed by atoms with E-state index in [0.717, 1.165) is 12.1 Å². The van der Waals surface area contributed by atoms with Crippen molar-refractivity contribution in [2.75, 3.05) is 11.9 Å². The van der Waals surface area contributed by atoms with Gasteiger partial charge in [0, 0.05) is 12.2 Å². The Labute approximate surface area is 101 Å². The van der Waals surface area contributed by atoms with E-state index in [9.17, 15) is 0 Å². The molecule has 86 valence electrons. The van der Waals surface area contributed by atoms with Gasteiger partial charge in [-0.15, -0.1) is 0 Å². The van der Waals surface area contributed by atoms with E-state index in [-0.39, 0.29) is 0 Å². The second-order valence-corrected chi connectivity index (χ2v) is 3.62. The number of thiocarbonyl (C=S) groups is 1. The average molecular weight is 236 g/mol. The number of hydrogen-bond donors (Lipinski definition) is 3. The molecule has 0 heterocycles. The molecule has 0 unspecified atom stereocenters. The van der Waals surface area contributed by atoms with Crippen LogP contribution >= 0.6 is 12.2 Å². The van der Waals surface area contributed by atoms with Gasteiger partial charge in [0.05, 0.1) is 0 Å². The molecule has 1 rings (SSSR count). The van der Waals surface area contributed by atoms with Crippen LogP contribution in [-0.4, -0.2) is 17.6 Å². The molecule has 1 aromatic rings. The first kappa shape index (κ1) is 12.4. The van der Waals surface area contributed by atoms with Gasteiger partial charge in [0.2, 0.25) is 0 Å². The van der Waals surface area contributed by atoms with E-state index in [2.05, 4.69) is 15.6 Å². The fraction of sp³-hybridized carbons (Fsp3) is 0.273. The van der Waals surface area contributed by atoms with Crippen LogP contribution < -0.4 is 16.4 Å². The zero-order valence-electron chi connectivity index (χ0n) is 9.23. The highest BCUT2D eigenvalue weighted by molar-refractivity contribution is 7.80. The number of hydrogen-bond acceptors (Lipinski definition) is 2. The lowest BCUT2D eigenvalue weighted by atomic mass is 10.3. The number of nitrogens with two attached hydrogens (primary N) is 1. The van der Waals surface area contributed by atoms with Crippen molar-refractivity contribution in [1.82, 2.24) is 5.32 Å². The lowest BCUT2D eigenvalue weighted by Gasteiger charge is -2.09. The highest BCUT2D eigenvalue weighted by Gasteiger charge is 1.97. The molecule has 0 fully saturated rings. The highest BCUT2D eigenvalue weighted by Crippen LogP contribution is 2.03. The predicted octanol–water partition coefficient (Wildman–Crippen LogP) is 1.70. The Kier molecular flexibility index (Phi) is 5.28. The third kappa shape index (κ3) is 4.75. The second-order valence-electron chi connectivity index (χ2n) is 3.21. The number of guanidine groups is 1. The minimum Gasteiger partial charge on any atom is -0.370 e. The van der Waals surface area contributed by atoms with Crippen LogP contribution in [0.5, 0.6) is 0 Å². The molecule has 1 aromatic carbocycles. The first-order valence-electron chi connectivity index (χ1n) is 5.15. The van der Waals surface area contributed by atoms with Crippen molar-refractivity contribution in [2.45, 2.75) is 13.3 Å². The van der Waals surface area contributed by atoms with Gasteiger partial charge in [-0.25, -0.2) is 0 Å². The Morgan fingerprint density at radius 2 is 2.06 bits per heavy atom. The number of anilines is 1. The summed E-state index contributed by atoms with van der Waals surface area (Å²) in [6, 6.07) is 9.65. The van der Waals surface area contributed by atoms with Crippen LogP contribution in [0.2, 0.25) is 0 Å². The smallest absolute Gasteiger partial charge is 0.194 e. The Balaban J connectivity index is 2.42. The van der Waals surface area contributed by atoms with Crippen LogP contribution in [0, 0.1) is 0 Å².